The van der Waals surface area contributed by atoms with Crippen LogP contribution in [0.15, 0.2) is 18.2 Å². The second kappa shape index (κ2) is 3.79. The van der Waals surface area contributed by atoms with Crippen LogP contribution in [0.5, 0.6) is 5.75 Å². The fraction of sp³-hybridized carbons (Fsp3) is 0.455. The number of hydrogen-bond donors (Lipinski definition) is 0. The van der Waals surface area contributed by atoms with Crippen LogP contribution in [-0.4, -0.2) is 6.79 Å². The lowest BCUT2D eigenvalue weighted by molar-refractivity contribution is -0.0168. The van der Waals surface area contributed by atoms with Crippen molar-refractivity contribution in [2.24, 2.45) is 0 Å². The van der Waals surface area contributed by atoms with Crippen molar-refractivity contribution in [3.63, 3.8) is 0 Å². The van der Waals surface area contributed by atoms with Crippen molar-refractivity contribution in [3.8, 4) is 5.75 Å². The molecule has 0 aromatic heterocycles. The fourth-order valence-corrected chi connectivity index (χ4v) is 1.66. The predicted molar refractivity (Wildman–Crippen MR) is 50.7 cm³/mol. The first-order valence-corrected chi connectivity index (χ1v) is 4.73. The summed E-state index contributed by atoms with van der Waals surface area (Å²) in [6, 6.07) is 6.21. The molecular weight excluding hydrogens is 164 g/mol. The molecule has 0 N–H and O–H groups in total. The number of rotatable bonds is 2. The summed E-state index contributed by atoms with van der Waals surface area (Å²) in [6.45, 7) is 3.28. The SMILES string of the molecule is CCCc1cccc2c1COCO2. The van der Waals surface area contributed by atoms with Gasteiger partial charge in [-0.05, 0) is 18.1 Å². The van der Waals surface area contributed by atoms with E-state index < -0.39 is 0 Å². The predicted octanol–water partition coefficient (Wildman–Crippen LogP) is 2.51. The van der Waals surface area contributed by atoms with Crippen molar-refractivity contribution in [2.45, 2.75) is 26.4 Å². The Morgan fingerprint density at radius 2 is 2.31 bits per heavy atom. The zero-order chi connectivity index (χ0) is 9.10. The minimum Gasteiger partial charge on any atom is -0.467 e. The molecule has 0 fully saturated rings. The summed E-state index contributed by atoms with van der Waals surface area (Å²) in [4.78, 5) is 0. The van der Waals surface area contributed by atoms with Crippen LogP contribution in [0.4, 0.5) is 0 Å². The number of benzene rings is 1. The first-order valence-electron chi connectivity index (χ1n) is 4.73. The zero-order valence-corrected chi connectivity index (χ0v) is 7.88. The van der Waals surface area contributed by atoms with Gasteiger partial charge in [0.25, 0.3) is 0 Å². The normalized spacial score (nSPS) is 14.8. The molecule has 0 saturated carbocycles. The molecule has 0 saturated heterocycles. The summed E-state index contributed by atoms with van der Waals surface area (Å²) >= 11 is 0. The smallest absolute Gasteiger partial charge is 0.189 e. The number of ether oxygens (including phenoxy) is 2. The molecule has 0 unspecified atom stereocenters. The van der Waals surface area contributed by atoms with Crippen LogP contribution < -0.4 is 4.74 Å². The van der Waals surface area contributed by atoms with E-state index in [4.69, 9.17) is 9.47 Å². The van der Waals surface area contributed by atoms with Gasteiger partial charge in [0, 0.05) is 5.56 Å². The van der Waals surface area contributed by atoms with Crippen LogP contribution >= 0.6 is 0 Å². The third-order valence-corrected chi connectivity index (χ3v) is 2.29. The molecule has 1 aliphatic heterocycles. The molecule has 1 aliphatic rings. The molecule has 0 radical (unpaired) electrons. The van der Waals surface area contributed by atoms with Crippen LogP contribution in [0.1, 0.15) is 24.5 Å². The van der Waals surface area contributed by atoms with Crippen LogP contribution in [0.2, 0.25) is 0 Å². The highest BCUT2D eigenvalue weighted by Crippen LogP contribution is 2.27. The van der Waals surface area contributed by atoms with Crippen molar-refractivity contribution in [1.29, 1.82) is 0 Å². The van der Waals surface area contributed by atoms with Gasteiger partial charge in [0.2, 0.25) is 0 Å². The monoisotopic (exact) mass is 178 g/mol. The molecular formula is C11H14O2. The molecule has 1 aromatic carbocycles. The van der Waals surface area contributed by atoms with Gasteiger partial charge in [-0.1, -0.05) is 25.5 Å². The molecule has 1 aromatic rings. The van der Waals surface area contributed by atoms with E-state index in [1.54, 1.807) is 0 Å². The number of hydrogen-bond acceptors (Lipinski definition) is 2. The minimum absolute atomic E-state index is 0.391. The molecule has 0 atom stereocenters. The molecule has 13 heavy (non-hydrogen) atoms. The van der Waals surface area contributed by atoms with Crippen molar-refractivity contribution in [1.82, 2.24) is 0 Å². The lowest BCUT2D eigenvalue weighted by Crippen LogP contribution is -2.13. The Kier molecular flexibility index (Phi) is 2.50. The standard InChI is InChI=1S/C11H14O2/c1-2-4-9-5-3-6-11-10(9)7-12-8-13-11/h3,5-6H,2,4,7-8H2,1H3. The van der Waals surface area contributed by atoms with Crippen LogP contribution in [-0.2, 0) is 17.8 Å². The lowest BCUT2D eigenvalue weighted by Gasteiger charge is -2.20. The number of aryl methyl sites for hydroxylation is 1. The molecule has 2 heteroatoms. The summed E-state index contributed by atoms with van der Waals surface area (Å²) in [7, 11) is 0. The van der Waals surface area contributed by atoms with Gasteiger partial charge in [-0.25, -0.2) is 0 Å². The van der Waals surface area contributed by atoms with Gasteiger partial charge in [0.15, 0.2) is 6.79 Å². The van der Waals surface area contributed by atoms with E-state index in [2.05, 4.69) is 19.1 Å². The average molecular weight is 178 g/mol. The second-order valence-electron chi connectivity index (χ2n) is 3.25. The molecule has 0 spiro atoms. The maximum atomic E-state index is 5.39. The molecule has 0 aliphatic carbocycles. The van der Waals surface area contributed by atoms with Gasteiger partial charge >= 0.3 is 0 Å². The minimum atomic E-state index is 0.391. The maximum Gasteiger partial charge on any atom is 0.189 e. The first kappa shape index (κ1) is 8.57. The van der Waals surface area contributed by atoms with E-state index in [-0.39, 0.29) is 0 Å². The van der Waals surface area contributed by atoms with E-state index in [1.165, 1.54) is 11.1 Å². The van der Waals surface area contributed by atoms with E-state index in [0.29, 0.717) is 13.4 Å². The molecule has 70 valence electrons. The zero-order valence-electron chi connectivity index (χ0n) is 7.88. The van der Waals surface area contributed by atoms with Crippen molar-refractivity contribution in [3.05, 3.63) is 29.3 Å². The quantitative estimate of drug-likeness (QED) is 0.692. The van der Waals surface area contributed by atoms with Crippen LogP contribution in [0, 0.1) is 0 Å². The van der Waals surface area contributed by atoms with Gasteiger partial charge in [0.1, 0.15) is 5.75 Å². The topological polar surface area (TPSA) is 18.5 Å². The van der Waals surface area contributed by atoms with E-state index in [1.807, 2.05) is 6.07 Å². The Hall–Kier alpha value is -1.02. The summed E-state index contributed by atoms with van der Waals surface area (Å²) < 4.78 is 10.6. The Morgan fingerprint density at radius 3 is 3.15 bits per heavy atom. The summed E-state index contributed by atoms with van der Waals surface area (Å²) in [5.41, 5.74) is 2.59. The summed E-state index contributed by atoms with van der Waals surface area (Å²) in [5, 5.41) is 0. The fourth-order valence-electron chi connectivity index (χ4n) is 1.66. The largest absolute Gasteiger partial charge is 0.467 e. The highest BCUT2D eigenvalue weighted by atomic mass is 16.7. The highest BCUT2D eigenvalue weighted by Gasteiger charge is 2.13. The first-order chi connectivity index (χ1) is 6.42. The molecule has 2 nitrogen and oxygen atoms in total. The molecule has 2 rings (SSSR count). The van der Waals surface area contributed by atoms with Crippen molar-refractivity contribution >= 4 is 0 Å². The van der Waals surface area contributed by atoms with Gasteiger partial charge in [-0.2, -0.15) is 0 Å². The maximum absolute atomic E-state index is 5.39. The lowest BCUT2D eigenvalue weighted by atomic mass is 10.0. The molecule has 1 heterocycles. The Labute approximate surface area is 78.5 Å². The summed E-state index contributed by atoms with van der Waals surface area (Å²) in [5.74, 6) is 0.997. The highest BCUT2D eigenvalue weighted by molar-refractivity contribution is 5.40. The number of fused-ring (bicyclic) bond motifs is 1. The van der Waals surface area contributed by atoms with Crippen LogP contribution in [0.25, 0.3) is 0 Å². The molecule has 0 bridgehead atoms. The van der Waals surface area contributed by atoms with E-state index >= 15 is 0 Å². The van der Waals surface area contributed by atoms with Crippen molar-refractivity contribution in [2.75, 3.05) is 6.79 Å². The Morgan fingerprint density at radius 1 is 1.38 bits per heavy atom. The average Bonchev–Trinajstić information content (AvgIpc) is 2.19. The van der Waals surface area contributed by atoms with Gasteiger partial charge in [-0.3, -0.25) is 0 Å². The Bertz CT molecular complexity index is 294. The summed E-state index contributed by atoms with van der Waals surface area (Å²) in [6.07, 6.45) is 2.27. The third-order valence-electron chi connectivity index (χ3n) is 2.29. The third kappa shape index (κ3) is 1.68. The Balaban J connectivity index is 2.34. The van der Waals surface area contributed by atoms with E-state index in [0.717, 1.165) is 18.6 Å². The van der Waals surface area contributed by atoms with Gasteiger partial charge < -0.3 is 9.47 Å². The second-order valence-corrected chi connectivity index (χ2v) is 3.25. The van der Waals surface area contributed by atoms with Gasteiger partial charge in [-0.15, -0.1) is 0 Å². The van der Waals surface area contributed by atoms with Gasteiger partial charge in [0.05, 0.1) is 6.61 Å². The van der Waals surface area contributed by atoms with E-state index in [9.17, 15) is 0 Å². The van der Waals surface area contributed by atoms with Crippen molar-refractivity contribution < 1.29 is 9.47 Å². The molecule has 0 amide bonds. The van der Waals surface area contributed by atoms with Crippen LogP contribution in [0.3, 0.4) is 0 Å².